The molecule has 0 saturated heterocycles. The van der Waals surface area contributed by atoms with Crippen LogP contribution >= 0.6 is 0 Å². The van der Waals surface area contributed by atoms with Crippen LogP contribution in [0.1, 0.15) is 28.2 Å². The zero-order chi connectivity index (χ0) is 16.5. The molecular formula is C17H16N4O3. The summed E-state index contributed by atoms with van der Waals surface area (Å²) in [5.74, 6) is 1.10. The van der Waals surface area contributed by atoms with E-state index >= 15 is 0 Å². The highest BCUT2D eigenvalue weighted by molar-refractivity contribution is 5.96. The summed E-state index contributed by atoms with van der Waals surface area (Å²) >= 11 is 0. The highest BCUT2D eigenvalue weighted by atomic mass is 16.5. The van der Waals surface area contributed by atoms with Gasteiger partial charge in [0.05, 0.1) is 12.8 Å². The van der Waals surface area contributed by atoms with Crippen LogP contribution in [-0.4, -0.2) is 22.6 Å². The van der Waals surface area contributed by atoms with E-state index in [0.717, 1.165) is 30.6 Å². The van der Waals surface area contributed by atoms with Gasteiger partial charge < -0.3 is 19.6 Å². The number of carbonyl (C=O) groups is 1. The number of carbonyl (C=O) groups excluding carboxylic acids is 1. The van der Waals surface area contributed by atoms with E-state index in [2.05, 4.69) is 15.0 Å². The molecule has 1 aromatic carbocycles. The Morgan fingerprint density at radius 3 is 3.00 bits per heavy atom. The number of nitrogens with zero attached hydrogens (tertiary/aromatic N) is 3. The van der Waals surface area contributed by atoms with Crippen molar-refractivity contribution in [3.8, 4) is 11.6 Å². The van der Waals surface area contributed by atoms with Gasteiger partial charge in [-0.05, 0) is 42.7 Å². The van der Waals surface area contributed by atoms with Gasteiger partial charge in [0, 0.05) is 17.8 Å². The van der Waals surface area contributed by atoms with E-state index < -0.39 is 5.91 Å². The third-order valence-corrected chi connectivity index (χ3v) is 4.15. The quantitative estimate of drug-likeness (QED) is 0.791. The van der Waals surface area contributed by atoms with E-state index in [1.807, 2.05) is 12.1 Å². The van der Waals surface area contributed by atoms with Crippen LogP contribution in [-0.2, 0) is 13.0 Å². The van der Waals surface area contributed by atoms with Crippen LogP contribution in [0.2, 0.25) is 0 Å². The van der Waals surface area contributed by atoms with Crippen LogP contribution in [0.5, 0.6) is 0 Å². The van der Waals surface area contributed by atoms with Gasteiger partial charge >= 0.3 is 0 Å². The summed E-state index contributed by atoms with van der Waals surface area (Å²) in [4.78, 5) is 18.1. The molecule has 2 N–H and O–H groups in total. The summed E-state index contributed by atoms with van der Waals surface area (Å²) in [6.07, 6.45) is 3.35. The highest BCUT2D eigenvalue weighted by Crippen LogP contribution is 2.31. The first-order valence-electron chi connectivity index (χ1n) is 7.75. The molecule has 0 unspecified atom stereocenters. The molecule has 0 bridgehead atoms. The minimum Gasteiger partial charge on any atom is -0.461 e. The molecule has 2 aromatic heterocycles. The zero-order valence-corrected chi connectivity index (χ0v) is 12.9. The van der Waals surface area contributed by atoms with Crippen molar-refractivity contribution in [3.05, 3.63) is 53.6 Å². The van der Waals surface area contributed by atoms with Gasteiger partial charge in [0.1, 0.15) is 0 Å². The summed E-state index contributed by atoms with van der Waals surface area (Å²) in [7, 11) is 0. The molecule has 1 aliphatic heterocycles. The van der Waals surface area contributed by atoms with Crippen LogP contribution in [0, 0.1) is 0 Å². The number of aromatic nitrogens is 2. The minimum atomic E-state index is -0.397. The summed E-state index contributed by atoms with van der Waals surface area (Å²) in [5, 5.41) is 3.95. The summed E-state index contributed by atoms with van der Waals surface area (Å²) in [5.41, 5.74) is 8.05. The molecule has 0 aliphatic carbocycles. The Morgan fingerprint density at radius 2 is 2.21 bits per heavy atom. The number of furan rings is 1. The Labute approximate surface area is 138 Å². The van der Waals surface area contributed by atoms with E-state index in [4.69, 9.17) is 14.7 Å². The van der Waals surface area contributed by atoms with Crippen molar-refractivity contribution in [3.63, 3.8) is 0 Å². The summed E-state index contributed by atoms with van der Waals surface area (Å²) in [6, 6.07) is 9.16. The first-order valence-corrected chi connectivity index (χ1v) is 7.75. The Kier molecular flexibility index (Phi) is 3.53. The Morgan fingerprint density at radius 1 is 1.29 bits per heavy atom. The lowest BCUT2D eigenvalue weighted by atomic mass is 9.96. The number of nitrogens with two attached hydrogens (primary N) is 1. The number of amides is 1. The van der Waals surface area contributed by atoms with Crippen LogP contribution in [0.4, 0.5) is 5.69 Å². The van der Waals surface area contributed by atoms with E-state index in [-0.39, 0.29) is 0 Å². The lowest BCUT2D eigenvalue weighted by molar-refractivity contribution is 0.0999. The molecule has 4 rings (SSSR count). The molecule has 0 saturated carbocycles. The first-order chi connectivity index (χ1) is 11.7. The van der Waals surface area contributed by atoms with Gasteiger partial charge in [0.25, 0.3) is 0 Å². The number of anilines is 1. The van der Waals surface area contributed by atoms with Crippen molar-refractivity contribution >= 4 is 11.6 Å². The van der Waals surface area contributed by atoms with Crippen molar-refractivity contribution in [1.29, 1.82) is 0 Å². The predicted octanol–water partition coefficient (Wildman–Crippen LogP) is 2.38. The second-order valence-electron chi connectivity index (χ2n) is 5.68. The Hall–Kier alpha value is -3.09. The van der Waals surface area contributed by atoms with Gasteiger partial charge in [0.2, 0.25) is 17.6 Å². The average molecular weight is 324 g/mol. The number of benzene rings is 1. The summed E-state index contributed by atoms with van der Waals surface area (Å²) in [6.45, 7) is 1.33. The Bertz CT molecular complexity index is 870. The summed E-state index contributed by atoms with van der Waals surface area (Å²) < 4.78 is 10.6. The third-order valence-electron chi connectivity index (χ3n) is 4.15. The fourth-order valence-electron chi connectivity index (χ4n) is 3.08. The number of fused-ring (bicyclic) bond motifs is 1. The number of primary amides is 1. The molecule has 0 fully saturated rings. The number of rotatable bonds is 4. The van der Waals surface area contributed by atoms with Crippen molar-refractivity contribution in [2.75, 3.05) is 11.4 Å². The lowest BCUT2D eigenvalue weighted by Crippen LogP contribution is -2.30. The highest BCUT2D eigenvalue weighted by Gasteiger charge is 2.23. The van der Waals surface area contributed by atoms with Gasteiger partial charge in [-0.2, -0.15) is 4.98 Å². The molecule has 122 valence electrons. The SMILES string of the molecule is NC(=O)c1cccc2c1CCCN2Cc1nc(-c2ccco2)no1. The molecule has 7 nitrogen and oxygen atoms in total. The molecule has 3 aromatic rings. The second-order valence-corrected chi connectivity index (χ2v) is 5.68. The monoisotopic (exact) mass is 324 g/mol. The van der Waals surface area contributed by atoms with Crippen molar-refractivity contribution in [2.45, 2.75) is 19.4 Å². The normalized spacial score (nSPS) is 13.8. The molecule has 3 heterocycles. The smallest absolute Gasteiger partial charge is 0.249 e. The van der Waals surface area contributed by atoms with Crippen molar-refractivity contribution in [2.24, 2.45) is 5.73 Å². The third kappa shape index (κ3) is 2.54. The van der Waals surface area contributed by atoms with Gasteiger partial charge in [-0.1, -0.05) is 11.2 Å². The molecule has 24 heavy (non-hydrogen) atoms. The van der Waals surface area contributed by atoms with E-state index in [1.165, 1.54) is 0 Å². The fraction of sp³-hybridized carbons (Fsp3) is 0.235. The topological polar surface area (TPSA) is 98.4 Å². The van der Waals surface area contributed by atoms with Crippen LogP contribution < -0.4 is 10.6 Å². The van der Waals surface area contributed by atoms with Crippen LogP contribution in [0.15, 0.2) is 45.5 Å². The van der Waals surface area contributed by atoms with E-state index in [0.29, 0.717) is 29.6 Å². The molecule has 0 spiro atoms. The Balaban J connectivity index is 1.61. The van der Waals surface area contributed by atoms with Crippen molar-refractivity contribution in [1.82, 2.24) is 10.1 Å². The largest absolute Gasteiger partial charge is 0.461 e. The first kappa shape index (κ1) is 14.5. The zero-order valence-electron chi connectivity index (χ0n) is 12.9. The number of hydrogen-bond acceptors (Lipinski definition) is 6. The molecule has 0 radical (unpaired) electrons. The number of hydrogen-bond donors (Lipinski definition) is 1. The lowest BCUT2D eigenvalue weighted by Gasteiger charge is -2.31. The van der Waals surface area contributed by atoms with Crippen LogP contribution in [0.25, 0.3) is 11.6 Å². The van der Waals surface area contributed by atoms with E-state index in [1.54, 1.807) is 24.5 Å². The minimum absolute atomic E-state index is 0.397. The maximum atomic E-state index is 11.6. The maximum absolute atomic E-state index is 11.6. The van der Waals surface area contributed by atoms with Crippen molar-refractivity contribution < 1.29 is 13.7 Å². The fourth-order valence-corrected chi connectivity index (χ4v) is 3.08. The van der Waals surface area contributed by atoms with Gasteiger partial charge in [0.15, 0.2) is 5.76 Å². The van der Waals surface area contributed by atoms with Crippen LogP contribution in [0.3, 0.4) is 0 Å². The molecular weight excluding hydrogens is 308 g/mol. The van der Waals surface area contributed by atoms with E-state index in [9.17, 15) is 4.79 Å². The maximum Gasteiger partial charge on any atom is 0.249 e. The molecule has 0 atom stereocenters. The molecule has 1 aliphatic rings. The molecule has 7 heteroatoms. The molecule has 1 amide bonds. The average Bonchev–Trinajstić information content (AvgIpc) is 3.25. The van der Waals surface area contributed by atoms with Gasteiger partial charge in [-0.25, -0.2) is 0 Å². The van der Waals surface area contributed by atoms with Gasteiger partial charge in [-0.15, -0.1) is 0 Å². The van der Waals surface area contributed by atoms with Gasteiger partial charge in [-0.3, -0.25) is 4.79 Å². The standard InChI is InChI=1S/C17H16N4O3/c18-16(22)12-4-1-6-13-11(12)5-2-8-21(13)10-15-19-17(20-24-15)14-7-3-9-23-14/h1,3-4,6-7,9H,2,5,8,10H2,(H2,18,22). The second kappa shape index (κ2) is 5.84. The predicted molar refractivity (Wildman–Crippen MR) is 86.3 cm³/mol.